The number of carbonyl (C=O) groups excluding carboxylic acids is 3. The third kappa shape index (κ3) is 5.49. The number of fused-ring (bicyclic) bond motifs is 1. The van der Waals surface area contributed by atoms with Crippen molar-refractivity contribution in [3.8, 4) is 17.2 Å². The van der Waals surface area contributed by atoms with Gasteiger partial charge in [0.15, 0.2) is 0 Å². The number of nitrogens with one attached hydrogen (secondary N) is 1. The molecule has 1 unspecified atom stereocenters. The number of imide groups is 1. The third-order valence-corrected chi connectivity index (χ3v) is 6.54. The molecule has 37 heavy (non-hydrogen) atoms. The molecule has 0 bridgehead atoms. The van der Waals surface area contributed by atoms with Crippen LogP contribution >= 0.6 is 0 Å². The normalized spacial score (nSPS) is 16.6. The Morgan fingerprint density at radius 1 is 1.00 bits per heavy atom. The van der Waals surface area contributed by atoms with Gasteiger partial charge in [-0.3, -0.25) is 19.3 Å². The van der Waals surface area contributed by atoms with Crippen molar-refractivity contribution in [1.82, 2.24) is 4.90 Å². The summed E-state index contributed by atoms with van der Waals surface area (Å²) in [6.07, 6.45) is 2.58. The summed E-state index contributed by atoms with van der Waals surface area (Å²) in [4.78, 5) is 39.3. The molecule has 0 saturated carbocycles. The molecule has 3 amide bonds. The summed E-state index contributed by atoms with van der Waals surface area (Å²) in [5, 5.41) is 2.89. The van der Waals surface area contributed by atoms with Gasteiger partial charge in [-0.05, 0) is 73.4 Å². The van der Waals surface area contributed by atoms with Crippen LogP contribution in [0, 0.1) is 0 Å². The highest BCUT2D eigenvalue weighted by Crippen LogP contribution is 2.31. The lowest BCUT2D eigenvalue weighted by atomic mass is 10.1. The van der Waals surface area contributed by atoms with E-state index in [1.807, 2.05) is 24.3 Å². The molecule has 1 fully saturated rings. The molecule has 190 valence electrons. The average molecular weight is 501 g/mol. The lowest BCUT2D eigenvalue weighted by Crippen LogP contribution is -2.36. The monoisotopic (exact) mass is 500 g/mol. The average Bonchev–Trinajstić information content (AvgIpc) is 3.51. The van der Waals surface area contributed by atoms with Gasteiger partial charge in [0.1, 0.15) is 17.2 Å². The van der Waals surface area contributed by atoms with Gasteiger partial charge in [-0.15, -0.1) is 0 Å². The Hall–Kier alpha value is -4.17. The van der Waals surface area contributed by atoms with Crippen LogP contribution in [0.4, 0.5) is 5.69 Å². The first-order chi connectivity index (χ1) is 18.0. The SMILES string of the molecule is COc1ccccc1CCC(=O)Nc1ccc(Oc2ccc3c(c2)C(=O)N(CC2CCCO2)C3=O)cc1. The first-order valence-corrected chi connectivity index (χ1v) is 12.3. The molecule has 1 atom stereocenters. The van der Waals surface area contributed by atoms with Crippen LogP contribution in [0.3, 0.4) is 0 Å². The van der Waals surface area contributed by atoms with E-state index >= 15 is 0 Å². The van der Waals surface area contributed by atoms with Gasteiger partial charge in [-0.25, -0.2) is 0 Å². The first kappa shape index (κ1) is 24.5. The van der Waals surface area contributed by atoms with Crippen LogP contribution in [-0.2, 0) is 16.0 Å². The summed E-state index contributed by atoms with van der Waals surface area (Å²) >= 11 is 0. The molecule has 1 N–H and O–H groups in total. The number of aryl methyl sites for hydroxylation is 1. The number of ether oxygens (including phenoxy) is 3. The van der Waals surface area contributed by atoms with E-state index in [4.69, 9.17) is 14.2 Å². The fraction of sp³-hybridized carbons (Fsp3) is 0.276. The van der Waals surface area contributed by atoms with Gasteiger partial charge < -0.3 is 19.5 Å². The second kappa shape index (κ2) is 10.8. The van der Waals surface area contributed by atoms with E-state index in [1.54, 1.807) is 49.6 Å². The number of rotatable bonds is 9. The first-order valence-electron chi connectivity index (χ1n) is 12.3. The third-order valence-electron chi connectivity index (χ3n) is 6.54. The number of amides is 3. The Kier molecular flexibility index (Phi) is 7.18. The topological polar surface area (TPSA) is 94.2 Å². The Morgan fingerprint density at radius 2 is 1.76 bits per heavy atom. The van der Waals surface area contributed by atoms with Crippen LogP contribution in [0.15, 0.2) is 66.7 Å². The summed E-state index contributed by atoms with van der Waals surface area (Å²) in [7, 11) is 1.62. The van der Waals surface area contributed by atoms with Crippen molar-refractivity contribution in [2.75, 3.05) is 25.6 Å². The minimum Gasteiger partial charge on any atom is -0.496 e. The summed E-state index contributed by atoms with van der Waals surface area (Å²) in [6, 6.07) is 19.5. The quantitative estimate of drug-likeness (QED) is 0.423. The van der Waals surface area contributed by atoms with Gasteiger partial charge in [0.05, 0.1) is 30.9 Å². The molecule has 3 aromatic rings. The number of carbonyl (C=O) groups is 3. The van der Waals surface area contributed by atoms with Crippen molar-refractivity contribution in [2.24, 2.45) is 0 Å². The highest BCUT2D eigenvalue weighted by molar-refractivity contribution is 6.21. The molecule has 2 aliphatic heterocycles. The highest BCUT2D eigenvalue weighted by Gasteiger charge is 2.37. The van der Waals surface area contributed by atoms with Crippen molar-refractivity contribution >= 4 is 23.4 Å². The van der Waals surface area contributed by atoms with Gasteiger partial charge in [0, 0.05) is 18.7 Å². The van der Waals surface area contributed by atoms with E-state index in [2.05, 4.69) is 5.32 Å². The maximum Gasteiger partial charge on any atom is 0.261 e. The van der Waals surface area contributed by atoms with Gasteiger partial charge in [0.25, 0.3) is 11.8 Å². The van der Waals surface area contributed by atoms with Crippen molar-refractivity contribution in [3.63, 3.8) is 0 Å². The predicted octanol–water partition coefficient (Wildman–Crippen LogP) is 4.83. The molecule has 0 radical (unpaired) electrons. The Balaban J connectivity index is 1.17. The van der Waals surface area contributed by atoms with Gasteiger partial charge >= 0.3 is 0 Å². The fourth-order valence-electron chi connectivity index (χ4n) is 4.61. The molecule has 5 rings (SSSR count). The van der Waals surface area contributed by atoms with Crippen LogP contribution in [0.2, 0.25) is 0 Å². The Morgan fingerprint density at radius 3 is 2.51 bits per heavy atom. The van der Waals surface area contributed by atoms with E-state index in [-0.39, 0.29) is 30.4 Å². The molecular weight excluding hydrogens is 472 g/mol. The lowest BCUT2D eigenvalue weighted by Gasteiger charge is -2.17. The van der Waals surface area contributed by atoms with Crippen LogP contribution in [0.25, 0.3) is 0 Å². The minimum atomic E-state index is -0.327. The zero-order chi connectivity index (χ0) is 25.8. The molecule has 8 nitrogen and oxygen atoms in total. The maximum atomic E-state index is 12.9. The van der Waals surface area contributed by atoms with E-state index in [0.29, 0.717) is 47.8 Å². The zero-order valence-electron chi connectivity index (χ0n) is 20.6. The van der Waals surface area contributed by atoms with Gasteiger partial charge in [-0.1, -0.05) is 18.2 Å². The van der Waals surface area contributed by atoms with Crippen molar-refractivity contribution in [1.29, 1.82) is 0 Å². The smallest absolute Gasteiger partial charge is 0.261 e. The Bertz CT molecular complexity index is 1310. The van der Waals surface area contributed by atoms with Crippen LogP contribution < -0.4 is 14.8 Å². The summed E-state index contributed by atoms with van der Waals surface area (Å²) in [5.74, 6) is 1.03. The van der Waals surface area contributed by atoms with Crippen molar-refractivity contribution in [3.05, 3.63) is 83.4 Å². The second-order valence-electron chi connectivity index (χ2n) is 9.05. The largest absolute Gasteiger partial charge is 0.496 e. The number of para-hydroxylation sites is 1. The minimum absolute atomic E-state index is 0.0990. The lowest BCUT2D eigenvalue weighted by molar-refractivity contribution is -0.116. The number of hydrogen-bond donors (Lipinski definition) is 1. The molecular formula is C29H28N2O6. The van der Waals surface area contributed by atoms with E-state index in [1.165, 1.54) is 4.90 Å². The number of hydrogen-bond acceptors (Lipinski definition) is 6. The number of methoxy groups -OCH3 is 1. The summed E-state index contributed by atoms with van der Waals surface area (Å²) in [6.45, 7) is 0.936. The van der Waals surface area contributed by atoms with E-state index in [9.17, 15) is 14.4 Å². The summed E-state index contributed by atoms with van der Waals surface area (Å²) < 4.78 is 16.8. The van der Waals surface area contributed by atoms with E-state index in [0.717, 1.165) is 24.2 Å². The standard InChI is InChI=1S/C29H28N2O6/c1-35-26-7-3-2-5-19(26)8-15-27(32)30-20-9-11-21(12-10-20)37-22-13-14-24-25(17-22)29(34)31(28(24)33)18-23-6-4-16-36-23/h2-3,5,7,9-14,17,23H,4,6,8,15-16,18H2,1H3,(H,30,32). The van der Waals surface area contributed by atoms with Crippen LogP contribution in [0.1, 0.15) is 45.5 Å². The number of anilines is 1. The molecule has 2 heterocycles. The molecule has 1 saturated heterocycles. The number of benzene rings is 3. The molecule has 3 aromatic carbocycles. The molecule has 0 aliphatic carbocycles. The van der Waals surface area contributed by atoms with Crippen molar-refractivity contribution < 1.29 is 28.6 Å². The summed E-state index contributed by atoms with van der Waals surface area (Å²) in [5.41, 5.74) is 2.34. The van der Waals surface area contributed by atoms with Crippen LogP contribution in [-0.4, -0.2) is 49.0 Å². The van der Waals surface area contributed by atoms with Crippen molar-refractivity contribution in [2.45, 2.75) is 31.8 Å². The zero-order valence-corrected chi connectivity index (χ0v) is 20.6. The molecule has 0 spiro atoms. The second-order valence-corrected chi connectivity index (χ2v) is 9.05. The molecule has 0 aromatic heterocycles. The van der Waals surface area contributed by atoms with Gasteiger partial charge in [0.2, 0.25) is 5.91 Å². The van der Waals surface area contributed by atoms with E-state index < -0.39 is 0 Å². The van der Waals surface area contributed by atoms with Crippen LogP contribution in [0.5, 0.6) is 17.2 Å². The maximum absolute atomic E-state index is 12.9. The highest BCUT2D eigenvalue weighted by atomic mass is 16.5. The Labute approximate surface area is 215 Å². The number of nitrogens with zero attached hydrogens (tertiary/aromatic N) is 1. The van der Waals surface area contributed by atoms with Gasteiger partial charge in [-0.2, -0.15) is 0 Å². The molecule has 8 heteroatoms. The fourth-order valence-corrected chi connectivity index (χ4v) is 4.61. The molecule has 2 aliphatic rings. The predicted molar refractivity (Wildman–Crippen MR) is 137 cm³/mol.